The predicted octanol–water partition coefficient (Wildman–Crippen LogP) is 3.35. The van der Waals surface area contributed by atoms with Crippen LogP contribution in [0.5, 0.6) is 0 Å². The number of alkyl halides is 1. The molecular weight excluding hydrogens is 228 g/mol. The molecule has 0 aromatic heterocycles. The third kappa shape index (κ3) is 2.90. The summed E-state index contributed by atoms with van der Waals surface area (Å²) in [5, 5.41) is 10.1. The molecule has 1 fully saturated rings. The van der Waals surface area contributed by atoms with Gasteiger partial charge in [0.1, 0.15) is 0 Å². The minimum absolute atomic E-state index is 0.129. The lowest BCUT2D eigenvalue weighted by atomic mass is 10.0. The third-order valence-corrected chi connectivity index (χ3v) is 4.38. The van der Waals surface area contributed by atoms with E-state index < -0.39 is 0 Å². The molecule has 1 saturated heterocycles. The molecule has 2 unspecified atom stereocenters. The van der Waals surface area contributed by atoms with Gasteiger partial charge < -0.3 is 5.11 Å². The highest BCUT2D eigenvalue weighted by Crippen LogP contribution is 2.38. The monoisotopic (exact) mass is 242 g/mol. The standard InChI is InChI=1S/C12H15ClOS/c13-8-9-2-1-3-10(6-9)12-7-11(14)4-5-15-12/h1-3,6,11-12,14H,4-5,7-8H2. The molecule has 1 aliphatic heterocycles. The molecular formula is C12H15ClOS. The molecule has 1 nitrogen and oxygen atoms in total. The number of aliphatic hydroxyl groups excluding tert-OH is 1. The van der Waals surface area contributed by atoms with Crippen molar-refractivity contribution in [3.63, 3.8) is 0 Å². The zero-order valence-corrected chi connectivity index (χ0v) is 10.1. The van der Waals surface area contributed by atoms with Crippen molar-refractivity contribution in [2.75, 3.05) is 5.75 Å². The zero-order valence-electron chi connectivity index (χ0n) is 8.53. The molecule has 0 amide bonds. The van der Waals surface area contributed by atoms with E-state index in [1.807, 2.05) is 17.8 Å². The summed E-state index contributed by atoms with van der Waals surface area (Å²) >= 11 is 7.75. The lowest BCUT2D eigenvalue weighted by Gasteiger charge is -2.26. The van der Waals surface area contributed by atoms with Crippen LogP contribution in [0.2, 0.25) is 0 Å². The molecule has 1 heterocycles. The van der Waals surface area contributed by atoms with Gasteiger partial charge in [-0.2, -0.15) is 11.8 Å². The molecule has 1 aliphatic rings. The highest BCUT2D eigenvalue weighted by molar-refractivity contribution is 7.99. The minimum atomic E-state index is -0.129. The predicted molar refractivity (Wildman–Crippen MR) is 66.4 cm³/mol. The van der Waals surface area contributed by atoms with Crippen LogP contribution >= 0.6 is 23.4 Å². The summed E-state index contributed by atoms with van der Waals surface area (Å²) in [5.41, 5.74) is 2.46. The van der Waals surface area contributed by atoms with Gasteiger partial charge in [-0.25, -0.2) is 0 Å². The number of hydrogen-bond donors (Lipinski definition) is 1. The van der Waals surface area contributed by atoms with Gasteiger partial charge in [-0.15, -0.1) is 11.6 Å². The fraction of sp³-hybridized carbons (Fsp3) is 0.500. The van der Waals surface area contributed by atoms with Crippen LogP contribution in [-0.2, 0) is 5.88 Å². The largest absolute Gasteiger partial charge is 0.393 e. The van der Waals surface area contributed by atoms with Crippen LogP contribution < -0.4 is 0 Å². The summed E-state index contributed by atoms with van der Waals surface area (Å²) < 4.78 is 0. The van der Waals surface area contributed by atoms with E-state index in [-0.39, 0.29) is 6.10 Å². The molecule has 15 heavy (non-hydrogen) atoms. The second-order valence-corrected chi connectivity index (χ2v) is 5.49. The first-order valence-electron chi connectivity index (χ1n) is 5.24. The van der Waals surface area contributed by atoms with Gasteiger partial charge in [0.2, 0.25) is 0 Å². The minimum Gasteiger partial charge on any atom is -0.393 e. The summed E-state index contributed by atoms with van der Waals surface area (Å²) in [4.78, 5) is 0. The maximum atomic E-state index is 9.63. The van der Waals surface area contributed by atoms with Crippen LogP contribution in [0.3, 0.4) is 0 Å². The molecule has 0 saturated carbocycles. The van der Waals surface area contributed by atoms with Crippen molar-refractivity contribution in [3.05, 3.63) is 35.4 Å². The van der Waals surface area contributed by atoms with Gasteiger partial charge in [0.15, 0.2) is 0 Å². The van der Waals surface area contributed by atoms with Gasteiger partial charge in [-0.1, -0.05) is 24.3 Å². The van der Waals surface area contributed by atoms with E-state index in [9.17, 15) is 5.11 Å². The zero-order chi connectivity index (χ0) is 10.7. The number of aliphatic hydroxyl groups is 1. The average molecular weight is 243 g/mol. The molecule has 0 radical (unpaired) electrons. The Kier molecular flexibility index (Phi) is 3.95. The Morgan fingerprint density at radius 2 is 2.33 bits per heavy atom. The van der Waals surface area contributed by atoms with E-state index in [1.54, 1.807) is 0 Å². The summed E-state index contributed by atoms with van der Waals surface area (Å²) in [7, 11) is 0. The van der Waals surface area contributed by atoms with Crippen LogP contribution in [0.1, 0.15) is 29.2 Å². The van der Waals surface area contributed by atoms with Crippen molar-refractivity contribution >= 4 is 23.4 Å². The Labute approximate surface area is 99.8 Å². The second kappa shape index (κ2) is 5.24. The lowest BCUT2D eigenvalue weighted by molar-refractivity contribution is 0.157. The molecule has 3 heteroatoms. The van der Waals surface area contributed by atoms with Crippen LogP contribution in [0, 0.1) is 0 Å². The summed E-state index contributed by atoms with van der Waals surface area (Å²) in [6.07, 6.45) is 1.67. The summed E-state index contributed by atoms with van der Waals surface area (Å²) in [6, 6.07) is 8.38. The second-order valence-electron chi connectivity index (χ2n) is 3.92. The molecule has 0 bridgehead atoms. The van der Waals surface area contributed by atoms with E-state index in [0.717, 1.165) is 24.2 Å². The maximum absolute atomic E-state index is 9.63. The normalized spacial score (nSPS) is 26.5. The molecule has 0 aliphatic carbocycles. The summed E-state index contributed by atoms with van der Waals surface area (Å²) in [6.45, 7) is 0. The number of halogens is 1. The third-order valence-electron chi connectivity index (χ3n) is 2.73. The number of hydrogen-bond acceptors (Lipinski definition) is 2. The van der Waals surface area contributed by atoms with Gasteiger partial charge in [0.05, 0.1) is 6.10 Å². The molecule has 0 spiro atoms. The van der Waals surface area contributed by atoms with Gasteiger partial charge in [-0.3, -0.25) is 0 Å². The Morgan fingerprint density at radius 1 is 1.47 bits per heavy atom. The van der Waals surface area contributed by atoms with Crippen molar-refractivity contribution in [2.24, 2.45) is 0 Å². The molecule has 1 N–H and O–H groups in total. The Bertz CT molecular complexity index is 329. The lowest BCUT2D eigenvalue weighted by Crippen LogP contribution is -2.17. The number of benzene rings is 1. The Balaban J connectivity index is 2.13. The van der Waals surface area contributed by atoms with Crippen molar-refractivity contribution in [3.8, 4) is 0 Å². The van der Waals surface area contributed by atoms with Crippen LogP contribution in [0.4, 0.5) is 0 Å². The number of rotatable bonds is 2. The van der Waals surface area contributed by atoms with Crippen molar-refractivity contribution < 1.29 is 5.11 Å². The fourth-order valence-electron chi connectivity index (χ4n) is 1.89. The quantitative estimate of drug-likeness (QED) is 0.803. The fourth-order valence-corrected chi connectivity index (χ4v) is 3.44. The highest BCUT2D eigenvalue weighted by Gasteiger charge is 2.21. The average Bonchev–Trinajstić information content (AvgIpc) is 2.29. The van der Waals surface area contributed by atoms with Gasteiger partial charge >= 0.3 is 0 Å². The van der Waals surface area contributed by atoms with Crippen LogP contribution in [0.25, 0.3) is 0 Å². The first-order chi connectivity index (χ1) is 7.29. The molecule has 2 rings (SSSR count). The maximum Gasteiger partial charge on any atom is 0.0562 e. The number of thioether (sulfide) groups is 1. The van der Waals surface area contributed by atoms with Gasteiger partial charge in [0, 0.05) is 11.1 Å². The van der Waals surface area contributed by atoms with E-state index in [2.05, 4.69) is 18.2 Å². The highest BCUT2D eigenvalue weighted by atomic mass is 35.5. The first kappa shape index (κ1) is 11.3. The molecule has 1 aromatic rings. The van der Waals surface area contributed by atoms with Crippen molar-refractivity contribution in [2.45, 2.75) is 30.1 Å². The van der Waals surface area contributed by atoms with Gasteiger partial charge in [0.25, 0.3) is 0 Å². The van der Waals surface area contributed by atoms with E-state index in [1.165, 1.54) is 5.56 Å². The Hall–Kier alpha value is -0.180. The van der Waals surface area contributed by atoms with Crippen LogP contribution in [0.15, 0.2) is 24.3 Å². The van der Waals surface area contributed by atoms with E-state index in [4.69, 9.17) is 11.6 Å². The topological polar surface area (TPSA) is 20.2 Å². The van der Waals surface area contributed by atoms with Crippen LogP contribution in [-0.4, -0.2) is 17.0 Å². The summed E-state index contributed by atoms with van der Waals surface area (Å²) in [5.74, 6) is 1.62. The van der Waals surface area contributed by atoms with Crippen molar-refractivity contribution in [1.29, 1.82) is 0 Å². The molecule has 1 aromatic carbocycles. The molecule has 82 valence electrons. The van der Waals surface area contributed by atoms with Gasteiger partial charge in [-0.05, 0) is 29.7 Å². The van der Waals surface area contributed by atoms with E-state index >= 15 is 0 Å². The smallest absolute Gasteiger partial charge is 0.0562 e. The van der Waals surface area contributed by atoms with Crippen molar-refractivity contribution in [1.82, 2.24) is 0 Å². The Morgan fingerprint density at radius 3 is 3.07 bits per heavy atom. The molecule has 2 atom stereocenters. The van der Waals surface area contributed by atoms with E-state index in [0.29, 0.717) is 11.1 Å². The first-order valence-corrected chi connectivity index (χ1v) is 6.82. The SMILES string of the molecule is OC1CCSC(c2cccc(CCl)c2)C1.